The lowest BCUT2D eigenvalue weighted by Crippen LogP contribution is -2.49. The molecule has 0 radical (unpaired) electrons. The van der Waals surface area contributed by atoms with E-state index in [0.717, 1.165) is 18.0 Å². The minimum absolute atomic E-state index is 0.0379. The van der Waals surface area contributed by atoms with Crippen LogP contribution in [0.1, 0.15) is 13.8 Å². The number of aliphatic hydroxyl groups is 1. The summed E-state index contributed by atoms with van der Waals surface area (Å²) < 4.78 is 5.27. The van der Waals surface area contributed by atoms with Crippen molar-refractivity contribution in [3.05, 3.63) is 24.3 Å². The summed E-state index contributed by atoms with van der Waals surface area (Å²) in [5.74, 6) is 0.843. The number of β-amino-alcohol motifs (C(OH)–C–C–N with tert-alkyl or cyclic N) is 1. The molecule has 0 amide bonds. The van der Waals surface area contributed by atoms with Crippen LogP contribution in [-0.4, -0.2) is 43.5 Å². The maximum absolute atomic E-state index is 9.94. The van der Waals surface area contributed by atoms with E-state index in [0.29, 0.717) is 13.1 Å². The molecule has 18 heavy (non-hydrogen) atoms. The lowest BCUT2D eigenvalue weighted by molar-refractivity contribution is 0.183. The molecule has 2 N–H and O–H groups in total. The summed E-state index contributed by atoms with van der Waals surface area (Å²) in [7, 11) is 1.67. The minimum Gasteiger partial charge on any atom is -0.497 e. The van der Waals surface area contributed by atoms with Crippen LogP contribution < -0.4 is 15.0 Å². The van der Waals surface area contributed by atoms with Crippen LogP contribution in [0.25, 0.3) is 0 Å². The number of hydrogen-bond acceptors (Lipinski definition) is 4. The zero-order chi connectivity index (χ0) is 13.2. The van der Waals surface area contributed by atoms with Gasteiger partial charge in [-0.15, -0.1) is 0 Å². The molecule has 1 aliphatic rings. The van der Waals surface area contributed by atoms with Crippen molar-refractivity contribution < 1.29 is 9.84 Å². The van der Waals surface area contributed by atoms with Gasteiger partial charge in [-0.05, 0) is 26.0 Å². The van der Waals surface area contributed by atoms with Gasteiger partial charge in [0.2, 0.25) is 0 Å². The summed E-state index contributed by atoms with van der Waals surface area (Å²) in [5, 5.41) is 13.2. The van der Waals surface area contributed by atoms with Gasteiger partial charge < -0.3 is 20.1 Å². The van der Waals surface area contributed by atoms with Crippen LogP contribution in [0.2, 0.25) is 0 Å². The molecule has 2 rings (SSSR count). The molecule has 0 bridgehead atoms. The molecule has 1 unspecified atom stereocenters. The molecule has 1 fully saturated rings. The van der Waals surface area contributed by atoms with E-state index in [1.165, 1.54) is 0 Å². The Balaban J connectivity index is 2.31. The third-order valence-corrected chi connectivity index (χ3v) is 3.43. The van der Waals surface area contributed by atoms with Crippen LogP contribution in [0.3, 0.4) is 0 Å². The maximum atomic E-state index is 9.94. The van der Waals surface area contributed by atoms with Crippen LogP contribution in [0.4, 0.5) is 5.69 Å². The average molecular weight is 250 g/mol. The van der Waals surface area contributed by atoms with Crippen molar-refractivity contribution in [2.75, 3.05) is 31.6 Å². The Kier molecular flexibility index (Phi) is 3.78. The predicted molar refractivity (Wildman–Crippen MR) is 73.3 cm³/mol. The molecule has 1 aliphatic heterocycles. The van der Waals surface area contributed by atoms with E-state index in [9.17, 15) is 5.11 Å². The van der Waals surface area contributed by atoms with Gasteiger partial charge in [0, 0.05) is 36.9 Å². The molecule has 0 aromatic heterocycles. The number of benzene rings is 1. The molecular formula is C14H22N2O2. The number of nitrogens with zero attached hydrogens (tertiary/aromatic N) is 1. The van der Waals surface area contributed by atoms with E-state index >= 15 is 0 Å². The number of hydrogen-bond donors (Lipinski definition) is 2. The van der Waals surface area contributed by atoms with Crippen LogP contribution in [0.5, 0.6) is 5.75 Å². The number of aliphatic hydroxyl groups excluding tert-OH is 1. The molecule has 1 atom stereocenters. The Morgan fingerprint density at radius 2 is 2.22 bits per heavy atom. The van der Waals surface area contributed by atoms with Crippen molar-refractivity contribution in [3.63, 3.8) is 0 Å². The van der Waals surface area contributed by atoms with Crippen molar-refractivity contribution >= 4 is 5.69 Å². The Morgan fingerprint density at radius 1 is 1.44 bits per heavy atom. The fourth-order valence-corrected chi connectivity index (χ4v) is 2.40. The molecule has 1 aromatic rings. The van der Waals surface area contributed by atoms with Crippen molar-refractivity contribution in [2.24, 2.45) is 0 Å². The Bertz CT molecular complexity index is 407. The monoisotopic (exact) mass is 250 g/mol. The molecule has 1 aromatic carbocycles. The normalized spacial score (nSPS) is 23.6. The summed E-state index contributed by atoms with van der Waals surface area (Å²) in [6, 6.07) is 7.99. The third-order valence-electron chi connectivity index (χ3n) is 3.43. The Morgan fingerprint density at radius 3 is 2.94 bits per heavy atom. The number of methoxy groups -OCH3 is 1. The summed E-state index contributed by atoms with van der Waals surface area (Å²) in [4.78, 5) is 2.24. The molecule has 1 saturated heterocycles. The van der Waals surface area contributed by atoms with Crippen molar-refractivity contribution in [3.8, 4) is 5.75 Å². The largest absolute Gasteiger partial charge is 0.497 e. The van der Waals surface area contributed by atoms with Crippen LogP contribution in [-0.2, 0) is 0 Å². The fourth-order valence-electron chi connectivity index (χ4n) is 2.40. The number of ether oxygens (including phenoxy) is 1. The molecule has 0 saturated carbocycles. The first kappa shape index (κ1) is 13.2. The predicted octanol–water partition coefficient (Wildman–Crippen LogP) is 1.24. The van der Waals surface area contributed by atoms with Gasteiger partial charge in [0.15, 0.2) is 0 Å². The second-order valence-electron chi connectivity index (χ2n) is 5.41. The van der Waals surface area contributed by atoms with E-state index in [-0.39, 0.29) is 11.6 Å². The first-order valence-corrected chi connectivity index (χ1v) is 6.33. The molecule has 0 aliphatic carbocycles. The topological polar surface area (TPSA) is 44.7 Å². The quantitative estimate of drug-likeness (QED) is 0.829. The first-order chi connectivity index (χ1) is 8.53. The van der Waals surface area contributed by atoms with Crippen LogP contribution >= 0.6 is 0 Å². The van der Waals surface area contributed by atoms with Gasteiger partial charge in [-0.25, -0.2) is 0 Å². The van der Waals surface area contributed by atoms with Gasteiger partial charge in [-0.1, -0.05) is 6.07 Å². The van der Waals surface area contributed by atoms with Crippen LogP contribution in [0.15, 0.2) is 24.3 Å². The highest BCUT2D eigenvalue weighted by molar-refractivity contribution is 5.53. The second kappa shape index (κ2) is 5.16. The molecule has 0 spiro atoms. The van der Waals surface area contributed by atoms with Gasteiger partial charge >= 0.3 is 0 Å². The van der Waals surface area contributed by atoms with Crippen molar-refractivity contribution in [1.29, 1.82) is 0 Å². The fraction of sp³-hybridized carbons (Fsp3) is 0.571. The Hall–Kier alpha value is -1.26. The Labute approximate surface area is 109 Å². The van der Waals surface area contributed by atoms with Gasteiger partial charge in [-0.2, -0.15) is 0 Å². The number of anilines is 1. The maximum Gasteiger partial charge on any atom is 0.120 e. The molecule has 100 valence electrons. The van der Waals surface area contributed by atoms with E-state index in [4.69, 9.17) is 4.74 Å². The minimum atomic E-state index is -0.349. The SMILES string of the molecule is COc1cccc(N2CC(O)CNCC2(C)C)c1. The highest BCUT2D eigenvalue weighted by Crippen LogP contribution is 2.28. The van der Waals surface area contributed by atoms with E-state index in [2.05, 4.69) is 30.1 Å². The smallest absolute Gasteiger partial charge is 0.120 e. The van der Waals surface area contributed by atoms with Crippen molar-refractivity contribution in [2.45, 2.75) is 25.5 Å². The summed E-state index contributed by atoms with van der Waals surface area (Å²) in [6.45, 7) is 6.48. The van der Waals surface area contributed by atoms with Crippen molar-refractivity contribution in [1.82, 2.24) is 5.32 Å². The van der Waals surface area contributed by atoms with E-state index < -0.39 is 0 Å². The van der Waals surface area contributed by atoms with Gasteiger partial charge in [0.05, 0.1) is 13.2 Å². The first-order valence-electron chi connectivity index (χ1n) is 6.33. The lowest BCUT2D eigenvalue weighted by atomic mass is 10.0. The molecule has 4 nitrogen and oxygen atoms in total. The highest BCUT2D eigenvalue weighted by Gasteiger charge is 2.31. The average Bonchev–Trinajstić information content (AvgIpc) is 2.48. The van der Waals surface area contributed by atoms with E-state index in [1.54, 1.807) is 7.11 Å². The third kappa shape index (κ3) is 2.76. The highest BCUT2D eigenvalue weighted by atomic mass is 16.5. The summed E-state index contributed by atoms with van der Waals surface area (Å²) in [6.07, 6.45) is -0.349. The van der Waals surface area contributed by atoms with Gasteiger partial charge in [0.1, 0.15) is 5.75 Å². The van der Waals surface area contributed by atoms with Gasteiger partial charge in [-0.3, -0.25) is 0 Å². The zero-order valence-corrected chi connectivity index (χ0v) is 11.3. The zero-order valence-electron chi connectivity index (χ0n) is 11.3. The second-order valence-corrected chi connectivity index (χ2v) is 5.41. The molecule has 4 heteroatoms. The summed E-state index contributed by atoms with van der Waals surface area (Å²) in [5.41, 5.74) is 1.05. The standard InChI is InChI=1S/C14H22N2O2/c1-14(2)10-15-8-12(17)9-16(14)11-5-4-6-13(7-11)18-3/h4-7,12,15,17H,8-10H2,1-3H3. The number of rotatable bonds is 2. The van der Waals surface area contributed by atoms with Gasteiger partial charge in [0.25, 0.3) is 0 Å². The molecular weight excluding hydrogens is 228 g/mol. The van der Waals surface area contributed by atoms with Crippen LogP contribution in [0, 0.1) is 0 Å². The van der Waals surface area contributed by atoms with E-state index in [1.807, 2.05) is 18.2 Å². The molecule has 1 heterocycles. The number of nitrogens with one attached hydrogen (secondary N) is 1. The summed E-state index contributed by atoms with van der Waals surface area (Å²) >= 11 is 0. The lowest BCUT2D eigenvalue weighted by Gasteiger charge is -2.39.